The van der Waals surface area contributed by atoms with Crippen molar-refractivity contribution in [2.24, 2.45) is 0 Å². The van der Waals surface area contributed by atoms with Gasteiger partial charge in [0.1, 0.15) is 11.8 Å². The zero-order valence-corrected chi connectivity index (χ0v) is 10.1. The second kappa shape index (κ2) is 5.44. The van der Waals surface area contributed by atoms with E-state index < -0.39 is 23.6 Å². The molecule has 1 unspecified atom stereocenters. The van der Waals surface area contributed by atoms with E-state index in [-0.39, 0.29) is 24.2 Å². The Morgan fingerprint density at radius 3 is 2.37 bits per heavy atom. The number of likely N-dealkylation sites (tertiary alicyclic amines) is 1. The van der Waals surface area contributed by atoms with Crippen LogP contribution in [0.2, 0.25) is 0 Å². The zero-order valence-electron chi connectivity index (χ0n) is 10.1. The quantitative estimate of drug-likeness (QED) is 0.908. The van der Waals surface area contributed by atoms with Crippen LogP contribution in [-0.4, -0.2) is 34.8 Å². The van der Waals surface area contributed by atoms with Crippen molar-refractivity contribution in [3.05, 3.63) is 35.4 Å². The number of rotatable bonds is 3. The monoisotopic (exact) mass is 269 g/mol. The van der Waals surface area contributed by atoms with Crippen LogP contribution < -0.4 is 0 Å². The van der Waals surface area contributed by atoms with E-state index in [1.165, 1.54) is 6.07 Å². The van der Waals surface area contributed by atoms with Gasteiger partial charge in [0.25, 0.3) is 0 Å². The number of nitrogens with zero attached hydrogens (tertiary/aromatic N) is 1. The summed E-state index contributed by atoms with van der Waals surface area (Å²) in [6, 6.07) is 2.01. The fourth-order valence-corrected chi connectivity index (χ4v) is 2.22. The van der Waals surface area contributed by atoms with Crippen molar-refractivity contribution in [1.82, 2.24) is 4.90 Å². The Morgan fingerprint density at radius 1 is 1.21 bits per heavy atom. The van der Waals surface area contributed by atoms with Crippen LogP contribution in [0.3, 0.4) is 0 Å². The van der Waals surface area contributed by atoms with Crippen LogP contribution in [0.25, 0.3) is 0 Å². The Morgan fingerprint density at radius 2 is 1.84 bits per heavy atom. The van der Waals surface area contributed by atoms with E-state index in [0.29, 0.717) is 13.1 Å². The summed E-state index contributed by atoms with van der Waals surface area (Å²) in [5.74, 6) is -3.13. The molecule has 0 spiro atoms. The van der Waals surface area contributed by atoms with E-state index in [1.807, 2.05) is 0 Å². The molecule has 1 N–H and O–H groups in total. The van der Waals surface area contributed by atoms with E-state index in [4.69, 9.17) is 0 Å². The molecule has 0 radical (unpaired) electrons. The Labute approximate surface area is 108 Å². The highest BCUT2D eigenvalue weighted by molar-refractivity contribution is 5.80. The molecule has 19 heavy (non-hydrogen) atoms. The van der Waals surface area contributed by atoms with Crippen LogP contribution in [0.1, 0.15) is 24.4 Å². The molecule has 1 atom stereocenters. The van der Waals surface area contributed by atoms with Gasteiger partial charge in [-0.15, -0.1) is 0 Å². The Balaban J connectivity index is 2.27. The van der Waals surface area contributed by atoms with Crippen molar-refractivity contribution in [3.8, 4) is 0 Å². The average Bonchev–Trinajstić information content (AvgIpc) is 2.36. The maximum atomic E-state index is 13.2. The van der Waals surface area contributed by atoms with Crippen LogP contribution in [0.15, 0.2) is 18.2 Å². The minimum atomic E-state index is -1.14. The van der Waals surface area contributed by atoms with Gasteiger partial charge in [0.15, 0.2) is 11.6 Å². The van der Waals surface area contributed by atoms with Crippen LogP contribution in [0.4, 0.5) is 8.78 Å². The number of benzene rings is 1. The molecule has 1 aromatic carbocycles. The third kappa shape index (κ3) is 2.96. The lowest BCUT2D eigenvalue weighted by atomic mass is 10.0. The van der Waals surface area contributed by atoms with E-state index in [0.717, 1.165) is 12.1 Å². The molecule has 6 heteroatoms. The molecule has 1 heterocycles. The molecule has 1 aliphatic heterocycles. The maximum absolute atomic E-state index is 13.2. The first-order valence-electron chi connectivity index (χ1n) is 5.92. The van der Waals surface area contributed by atoms with Gasteiger partial charge < -0.3 is 5.11 Å². The van der Waals surface area contributed by atoms with E-state index in [1.54, 1.807) is 4.90 Å². The van der Waals surface area contributed by atoms with Crippen molar-refractivity contribution in [3.63, 3.8) is 0 Å². The highest BCUT2D eigenvalue weighted by atomic mass is 19.2. The number of Topliss-reactive ketones (excluding diaryl/α,β-unsaturated/α-hetero) is 1. The average molecular weight is 269 g/mol. The second-order valence-electron chi connectivity index (χ2n) is 4.49. The van der Waals surface area contributed by atoms with E-state index in [9.17, 15) is 23.5 Å². The van der Waals surface area contributed by atoms with Crippen LogP contribution in [-0.2, 0) is 9.59 Å². The summed E-state index contributed by atoms with van der Waals surface area (Å²) in [6.07, 6.45) is 0.570. The number of hydrogen-bond donors (Lipinski definition) is 1. The summed E-state index contributed by atoms with van der Waals surface area (Å²) in [5.41, 5.74) is 0.181. The number of carbonyl (C=O) groups is 2. The molecule has 2 rings (SSSR count). The zero-order chi connectivity index (χ0) is 14.0. The molecule has 1 fully saturated rings. The van der Waals surface area contributed by atoms with Crippen molar-refractivity contribution in [1.29, 1.82) is 0 Å². The SMILES string of the molecule is O=C1CCN(C(C(=O)O)c2ccc(F)c(F)c2)CC1. The predicted molar refractivity (Wildman–Crippen MR) is 62.5 cm³/mol. The van der Waals surface area contributed by atoms with Gasteiger partial charge in [0.05, 0.1) is 0 Å². The Kier molecular flexibility index (Phi) is 3.90. The molecule has 0 saturated carbocycles. The number of carboxylic acid groups (broad SMARTS) is 1. The number of halogens is 2. The van der Waals surface area contributed by atoms with Crippen molar-refractivity contribution >= 4 is 11.8 Å². The lowest BCUT2D eigenvalue weighted by Crippen LogP contribution is -2.40. The number of aliphatic carboxylic acids is 1. The van der Waals surface area contributed by atoms with Gasteiger partial charge >= 0.3 is 5.97 Å². The molecule has 0 bridgehead atoms. The lowest BCUT2D eigenvalue weighted by molar-refractivity contribution is -0.145. The van der Waals surface area contributed by atoms with Crippen LogP contribution in [0.5, 0.6) is 0 Å². The minimum Gasteiger partial charge on any atom is -0.480 e. The molecule has 0 amide bonds. The van der Waals surface area contributed by atoms with Gasteiger partial charge in [-0.1, -0.05) is 6.07 Å². The van der Waals surface area contributed by atoms with Gasteiger partial charge in [0.2, 0.25) is 0 Å². The largest absolute Gasteiger partial charge is 0.480 e. The third-order valence-corrected chi connectivity index (χ3v) is 3.21. The summed E-state index contributed by atoms with van der Waals surface area (Å²) in [4.78, 5) is 24.1. The van der Waals surface area contributed by atoms with E-state index in [2.05, 4.69) is 0 Å². The predicted octanol–water partition coefficient (Wildman–Crippen LogP) is 1.76. The normalized spacial score (nSPS) is 18.3. The molecule has 1 saturated heterocycles. The fourth-order valence-electron chi connectivity index (χ4n) is 2.22. The fraction of sp³-hybridized carbons (Fsp3) is 0.385. The molecule has 0 aliphatic carbocycles. The molecule has 1 aliphatic rings. The van der Waals surface area contributed by atoms with Crippen LogP contribution >= 0.6 is 0 Å². The van der Waals surface area contributed by atoms with Crippen molar-refractivity contribution in [2.75, 3.05) is 13.1 Å². The Bertz CT molecular complexity index is 509. The summed E-state index contributed by atoms with van der Waals surface area (Å²) in [7, 11) is 0. The molecule has 4 nitrogen and oxygen atoms in total. The van der Waals surface area contributed by atoms with Gasteiger partial charge in [-0.05, 0) is 17.7 Å². The lowest BCUT2D eigenvalue weighted by Gasteiger charge is -2.31. The first kappa shape index (κ1) is 13.6. The summed E-state index contributed by atoms with van der Waals surface area (Å²) < 4.78 is 26.1. The number of carbonyl (C=O) groups excluding carboxylic acids is 1. The number of piperidine rings is 1. The Hall–Kier alpha value is -1.82. The van der Waals surface area contributed by atoms with E-state index >= 15 is 0 Å². The van der Waals surface area contributed by atoms with Crippen molar-refractivity contribution in [2.45, 2.75) is 18.9 Å². The van der Waals surface area contributed by atoms with Gasteiger partial charge in [-0.3, -0.25) is 14.5 Å². The first-order valence-corrected chi connectivity index (χ1v) is 5.92. The summed E-state index contributed by atoms with van der Waals surface area (Å²) in [5, 5.41) is 9.26. The number of carboxylic acids is 1. The third-order valence-electron chi connectivity index (χ3n) is 3.21. The summed E-state index contributed by atoms with van der Waals surface area (Å²) >= 11 is 0. The van der Waals surface area contributed by atoms with Gasteiger partial charge in [-0.25, -0.2) is 8.78 Å². The van der Waals surface area contributed by atoms with Gasteiger partial charge in [-0.2, -0.15) is 0 Å². The smallest absolute Gasteiger partial charge is 0.325 e. The minimum absolute atomic E-state index is 0.0886. The highest BCUT2D eigenvalue weighted by Crippen LogP contribution is 2.25. The topological polar surface area (TPSA) is 57.6 Å². The standard InChI is InChI=1S/C13H13F2NO3/c14-10-2-1-8(7-11(10)15)12(13(18)19)16-5-3-9(17)4-6-16/h1-2,7,12H,3-6H2,(H,18,19). The number of ketones is 1. The summed E-state index contributed by atoms with van der Waals surface area (Å²) in [6.45, 7) is 0.629. The maximum Gasteiger partial charge on any atom is 0.325 e. The molecule has 102 valence electrons. The molecule has 0 aromatic heterocycles. The van der Waals surface area contributed by atoms with Crippen LogP contribution in [0, 0.1) is 11.6 Å². The molecular formula is C13H13F2NO3. The molecule has 1 aromatic rings. The van der Waals surface area contributed by atoms with Gasteiger partial charge in [0, 0.05) is 25.9 Å². The first-order chi connectivity index (χ1) is 8.99. The second-order valence-corrected chi connectivity index (χ2v) is 4.49. The number of hydrogen-bond acceptors (Lipinski definition) is 3. The highest BCUT2D eigenvalue weighted by Gasteiger charge is 2.30. The van der Waals surface area contributed by atoms with Crippen molar-refractivity contribution < 1.29 is 23.5 Å². The molecular weight excluding hydrogens is 256 g/mol.